The van der Waals surface area contributed by atoms with Crippen LogP contribution in [0.15, 0.2) is 21.3 Å². The molecule has 1 aromatic heterocycles. The summed E-state index contributed by atoms with van der Waals surface area (Å²) in [6, 6.07) is 2.93. The Balaban J connectivity index is 3.19. The first-order valence-corrected chi connectivity index (χ1v) is 4.00. The van der Waals surface area contributed by atoms with E-state index in [0.717, 1.165) is 0 Å². The van der Waals surface area contributed by atoms with E-state index >= 15 is 0 Å². The summed E-state index contributed by atoms with van der Waals surface area (Å²) < 4.78 is 5.43. The van der Waals surface area contributed by atoms with Crippen molar-refractivity contribution in [2.24, 2.45) is 0 Å². The van der Waals surface area contributed by atoms with E-state index in [1.165, 1.54) is 12.1 Å². The highest BCUT2D eigenvalue weighted by atomic mass is 16.4. The van der Waals surface area contributed by atoms with Gasteiger partial charge in [-0.25, -0.2) is 0 Å². The van der Waals surface area contributed by atoms with Crippen LogP contribution < -0.4 is 15.2 Å². The van der Waals surface area contributed by atoms with Gasteiger partial charge in [-0.05, 0) is 0 Å². The summed E-state index contributed by atoms with van der Waals surface area (Å²) in [5.74, 6) is 1.13. The molecule has 0 N–H and O–H groups in total. The van der Waals surface area contributed by atoms with Gasteiger partial charge in [-0.15, -0.1) is 0 Å². The standard InChI is InChI=1S/C9H14N2O2/c1-10(2)8-5-7(12)6-9(13-8)11(3)4/h5-6H,1-4H3. The average molecular weight is 182 g/mol. The van der Waals surface area contributed by atoms with Gasteiger partial charge in [-0.1, -0.05) is 0 Å². The Morgan fingerprint density at radius 1 is 1.00 bits per heavy atom. The van der Waals surface area contributed by atoms with Crippen molar-refractivity contribution >= 4 is 11.8 Å². The molecule has 0 aliphatic heterocycles. The molecule has 0 aliphatic carbocycles. The maximum Gasteiger partial charge on any atom is 0.201 e. The Labute approximate surface area is 77.4 Å². The molecule has 0 fully saturated rings. The highest BCUT2D eigenvalue weighted by Crippen LogP contribution is 2.16. The fraction of sp³-hybridized carbons (Fsp3) is 0.444. The van der Waals surface area contributed by atoms with Gasteiger partial charge in [-0.2, -0.15) is 0 Å². The van der Waals surface area contributed by atoms with Crippen LogP contribution in [0.5, 0.6) is 0 Å². The Kier molecular flexibility index (Phi) is 2.60. The molecule has 0 bridgehead atoms. The van der Waals surface area contributed by atoms with Crippen molar-refractivity contribution in [3.05, 3.63) is 22.4 Å². The molecule has 1 aromatic rings. The highest BCUT2D eigenvalue weighted by Gasteiger charge is 2.04. The van der Waals surface area contributed by atoms with Crippen molar-refractivity contribution in [2.75, 3.05) is 38.0 Å². The topological polar surface area (TPSA) is 36.7 Å². The second-order valence-corrected chi connectivity index (χ2v) is 3.26. The van der Waals surface area contributed by atoms with Gasteiger partial charge >= 0.3 is 0 Å². The van der Waals surface area contributed by atoms with Crippen LogP contribution in [-0.2, 0) is 0 Å². The lowest BCUT2D eigenvalue weighted by Crippen LogP contribution is -2.16. The van der Waals surface area contributed by atoms with E-state index in [-0.39, 0.29) is 5.43 Å². The minimum absolute atomic E-state index is 0.0429. The quantitative estimate of drug-likeness (QED) is 0.677. The first kappa shape index (κ1) is 9.64. The van der Waals surface area contributed by atoms with Crippen molar-refractivity contribution in [3.63, 3.8) is 0 Å². The highest BCUT2D eigenvalue weighted by molar-refractivity contribution is 5.41. The Hall–Kier alpha value is -1.45. The van der Waals surface area contributed by atoms with Crippen molar-refractivity contribution in [2.45, 2.75) is 0 Å². The second kappa shape index (κ2) is 3.51. The summed E-state index contributed by atoms with van der Waals surface area (Å²) in [5, 5.41) is 0. The van der Waals surface area contributed by atoms with Crippen molar-refractivity contribution in [1.82, 2.24) is 0 Å². The number of anilines is 2. The maximum absolute atomic E-state index is 11.2. The molecule has 0 saturated carbocycles. The van der Waals surface area contributed by atoms with Crippen molar-refractivity contribution < 1.29 is 4.42 Å². The van der Waals surface area contributed by atoms with Gasteiger partial charge in [0.25, 0.3) is 0 Å². The lowest BCUT2D eigenvalue weighted by atomic mass is 10.4. The van der Waals surface area contributed by atoms with Crippen molar-refractivity contribution in [3.8, 4) is 0 Å². The summed E-state index contributed by atoms with van der Waals surface area (Å²) in [6.45, 7) is 0. The van der Waals surface area contributed by atoms with E-state index in [0.29, 0.717) is 11.8 Å². The molecule has 0 atom stereocenters. The van der Waals surface area contributed by atoms with E-state index in [9.17, 15) is 4.79 Å². The van der Waals surface area contributed by atoms with E-state index < -0.39 is 0 Å². The van der Waals surface area contributed by atoms with Gasteiger partial charge in [0.15, 0.2) is 5.43 Å². The minimum atomic E-state index is -0.0429. The number of nitrogens with zero attached hydrogens (tertiary/aromatic N) is 2. The number of hydrogen-bond donors (Lipinski definition) is 0. The monoisotopic (exact) mass is 182 g/mol. The largest absolute Gasteiger partial charge is 0.425 e. The van der Waals surface area contributed by atoms with Crippen LogP contribution in [0.2, 0.25) is 0 Å². The lowest BCUT2D eigenvalue weighted by Gasteiger charge is -2.15. The molecular weight excluding hydrogens is 168 g/mol. The molecule has 0 aliphatic rings. The minimum Gasteiger partial charge on any atom is -0.425 e. The predicted octanol–water partition coefficient (Wildman–Crippen LogP) is 0.772. The smallest absolute Gasteiger partial charge is 0.201 e. The average Bonchev–Trinajstić information content (AvgIpc) is 2.03. The molecular formula is C9H14N2O2. The van der Waals surface area contributed by atoms with Crippen LogP contribution in [-0.4, -0.2) is 28.2 Å². The zero-order chi connectivity index (χ0) is 10.0. The fourth-order valence-electron chi connectivity index (χ4n) is 0.892. The molecule has 13 heavy (non-hydrogen) atoms. The molecule has 1 rings (SSSR count). The van der Waals surface area contributed by atoms with Gasteiger partial charge in [0, 0.05) is 40.3 Å². The van der Waals surface area contributed by atoms with Gasteiger partial charge in [0.2, 0.25) is 11.8 Å². The predicted molar refractivity (Wildman–Crippen MR) is 53.6 cm³/mol. The Bertz CT molecular complexity index is 312. The summed E-state index contributed by atoms with van der Waals surface area (Å²) in [7, 11) is 7.32. The zero-order valence-electron chi connectivity index (χ0n) is 8.37. The summed E-state index contributed by atoms with van der Waals surface area (Å²) in [5.41, 5.74) is -0.0429. The molecule has 4 heteroatoms. The Morgan fingerprint density at radius 2 is 1.38 bits per heavy atom. The van der Waals surface area contributed by atoms with Gasteiger partial charge < -0.3 is 14.2 Å². The molecule has 0 radical (unpaired) electrons. The molecule has 0 unspecified atom stereocenters. The van der Waals surface area contributed by atoms with E-state index in [4.69, 9.17) is 4.42 Å². The van der Waals surface area contributed by atoms with E-state index in [2.05, 4.69) is 0 Å². The van der Waals surface area contributed by atoms with E-state index in [1.54, 1.807) is 9.80 Å². The third-order valence-corrected chi connectivity index (χ3v) is 1.62. The maximum atomic E-state index is 11.2. The van der Waals surface area contributed by atoms with Crippen LogP contribution in [0.4, 0.5) is 11.8 Å². The van der Waals surface area contributed by atoms with E-state index in [1.807, 2.05) is 28.2 Å². The second-order valence-electron chi connectivity index (χ2n) is 3.26. The third kappa shape index (κ3) is 2.24. The molecule has 1 heterocycles. The summed E-state index contributed by atoms with van der Waals surface area (Å²) in [6.07, 6.45) is 0. The van der Waals surface area contributed by atoms with Crippen LogP contribution in [0.3, 0.4) is 0 Å². The SMILES string of the molecule is CN(C)c1cc(=O)cc(N(C)C)o1. The van der Waals surface area contributed by atoms with Crippen LogP contribution in [0, 0.1) is 0 Å². The number of rotatable bonds is 2. The summed E-state index contributed by atoms with van der Waals surface area (Å²) in [4.78, 5) is 14.7. The van der Waals surface area contributed by atoms with Crippen LogP contribution >= 0.6 is 0 Å². The lowest BCUT2D eigenvalue weighted by molar-refractivity contribution is 0.546. The van der Waals surface area contributed by atoms with Gasteiger partial charge in [-0.3, -0.25) is 4.79 Å². The molecule has 0 amide bonds. The molecule has 0 saturated heterocycles. The molecule has 4 nitrogen and oxygen atoms in total. The van der Waals surface area contributed by atoms with Gasteiger partial charge in [0.05, 0.1) is 0 Å². The number of hydrogen-bond acceptors (Lipinski definition) is 4. The van der Waals surface area contributed by atoms with Crippen LogP contribution in [0.1, 0.15) is 0 Å². The first-order valence-electron chi connectivity index (χ1n) is 4.00. The fourth-order valence-corrected chi connectivity index (χ4v) is 0.892. The van der Waals surface area contributed by atoms with Crippen molar-refractivity contribution in [1.29, 1.82) is 0 Å². The Morgan fingerprint density at radius 3 is 1.69 bits per heavy atom. The third-order valence-electron chi connectivity index (χ3n) is 1.62. The normalized spacial score (nSPS) is 9.85. The van der Waals surface area contributed by atoms with Gasteiger partial charge in [0.1, 0.15) is 0 Å². The summed E-state index contributed by atoms with van der Waals surface area (Å²) >= 11 is 0. The molecule has 72 valence electrons. The first-order chi connectivity index (χ1) is 6.00. The molecule has 0 spiro atoms. The molecule has 0 aromatic carbocycles. The van der Waals surface area contributed by atoms with Crippen LogP contribution in [0.25, 0.3) is 0 Å². The zero-order valence-corrected chi connectivity index (χ0v) is 8.37.